The molecule has 1 aromatic heterocycles. The lowest BCUT2D eigenvalue weighted by Gasteiger charge is -2.28. The maximum Gasteiger partial charge on any atom is 0.268 e. The molecule has 222 valence electrons. The second-order valence-electron chi connectivity index (χ2n) is 10.5. The van der Waals surface area contributed by atoms with Crippen molar-refractivity contribution in [1.29, 1.82) is 0 Å². The van der Waals surface area contributed by atoms with E-state index < -0.39 is 41.8 Å². The van der Waals surface area contributed by atoms with E-state index in [9.17, 15) is 19.2 Å². The summed E-state index contributed by atoms with van der Waals surface area (Å²) in [6, 6.07) is 9.66. The number of rotatable bonds is 15. The van der Waals surface area contributed by atoms with Crippen LogP contribution in [0.4, 0.5) is 0 Å². The third-order valence-electron chi connectivity index (χ3n) is 7.28. The van der Waals surface area contributed by atoms with Crippen LogP contribution in [0.2, 0.25) is 0 Å². The van der Waals surface area contributed by atoms with Crippen molar-refractivity contribution in [3.8, 4) is 0 Å². The first-order chi connectivity index (χ1) is 19.7. The van der Waals surface area contributed by atoms with Gasteiger partial charge in [0, 0.05) is 19.2 Å². The number of nitrogens with two attached hydrogens (primary N) is 3. The summed E-state index contributed by atoms with van der Waals surface area (Å²) >= 11 is 0. The fourth-order valence-corrected chi connectivity index (χ4v) is 5.08. The van der Waals surface area contributed by atoms with Gasteiger partial charge in [0.05, 0.1) is 0 Å². The minimum Gasteiger partial charge on any atom is -0.370 e. The number of hydrogen-bond donors (Lipinski definition) is 7. The number of hydrogen-bond acceptors (Lipinski definition) is 5. The number of benzene rings is 1. The Morgan fingerprint density at radius 1 is 0.854 bits per heavy atom. The average molecular weight is 567 g/mol. The minimum absolute atomic E-state index is 0.0775. The summed E-state index contributed by atoms with van der Waals surface area (Å²) in [6.45, 7) is 0.250. The van der Waals surface area contributed by atoms with Crippen LogP contribution in [0.5, 0.6) is 0 Å². The standard InChI is InChI=1S/C29H42N8O4/c30-25(38)23(17-19-9-3-1-4-10-19)36-27(40)22(14-8-16-34-29(31)32)35-28(41)24(18-20-11-5-2-6-12-20)37-26(39)21-13-7-15-33-21/h1,3-4,7,9-10,13,15,20,22-24,33H,2,5-6,8,11-12,14,16-18H2,(H2,30,38)(H,35,41)(H,36,40)(H,37,39)(H4,31,32,34)/t22-,23-,24-/m0/s1. The van der Waals surface area contributed by atoms with E-state index in [1.807, 2.05) is 30.3 Å². The number of nitrogens with zero attached hydrogens (tertiary/aromatic N) is 1. The molecular weight excluding hydrogens is 524 g/mol. The van der Waals surface area contributed by atoms with Crippen LogP contribution in [0, 0.1) is 5.92 Å². The SMILES string of the molecule is NC(=O)[C@H](Cc1ccccc1)NC(=O)[C@H](CCCN=C(N)N)NC(=O)[C@H](CC1CCCCC1)NC(=O)c1ccc[nH]1. The highest BCUT2D eigenvalue weighted by Crippen LogP contribution is 2.27. The Morgan fingerprint density at radius 2 is 1.54 bits per heavy atom. The number of aliphatic imine (C=N–C) groups is 1. The predicted octanol–water partition coefficient (Wildman–Crippen LogP) is 0.835. The van der Waals surface area contributed by atoms with E-state index in [-0.39, 0.29) is 31.3 Å². The molecule has 1 aromatic carbocycles. The van der Waals surface area contributed by atoms with Crippen molar-refractivity contribution in [2.45, 2.75) is 75.9 Å². The molecule has 2 aromatic rings. The Balaban J connectivity index is 1.75. The van der Waals surface area contributed by atoms with Gasteiger partial charge in [0.25, 0.3) is 5.91 Å². The van der Waals surface area contributed by atoms with Crippen LogP contribution < -0.4 is 33.2 Å². The smallest absolute Gasteiger partial charge is 0.268 e. The zero-order valence-corrected chi connectivity index (χ0v) is 23.3. The van der Waals surface area contributed by atoms with Gasteiger partial charge in [-0.25, -0.2) is 0 Å². The highest BCUT2D eigenvalue weighted by Gasteiger charge is 2.31. The number of primary amides is 1. The third kappa shape index (κ3) is 10.6. The normalized spacial score (nSPS) is 15.6. The van der Waals surface area contributed by atoms with Crippen LogP contribution in [0.3, 0.4) is 0 Å². The van der Waals surface area contributed by atoms with Crippen molar-refractivity contribution in [2.75, 3.05) is 6.54 Å². The van der Waals surface area contributed by atoms with Crippen LogP contribution >= 0.6 is 0 Å². The Labute approximate surface area is 240 Å². The van der Waals surface area contributed by atoms with Crippen molar-refractivity contribution in [2.24, 2.45) is 28.1 Å². The second kappa shape index (κ2) is 16.0. The first-order valence-corrected chi connectivity index (χ1v) is 14.2. The molecule has 4 amide bonds. The number of nitrogens with one attached hydrogen (secondary N) is 4. The number of amides is 4. The van der Waals surface area contributed by atoms with Gasteiger partial charge in [0.1, 0.15) is 23.8 Å². The maximum atomic E-state index is 13.6. The van der Waals surface area contributed by atoms with Gasteiger partial charge in [-0.15, -0.1) is 0 Å². The molecular formula is C29H42N8O4. The molecule has 0 unspecified atom stereocenters. The molecule has 10 N–H and O–H groups in total. The van der Waals surface area contributed by atoms with E-state index in [2.05, 4.69) is 25.9 Å². The van der Waals surface area contributed by atoms with Gasteiger partial charge in [-0.3, -0.25) is 24.2 Å². The molecule has 12 heteroatoms. The Hall–Kier alpha value is -4.35. The van der Waals surface area contributed by atoms with Crippen molar-refractivity contribution in [3.05, 3.63) is 59.9 Å². The van der Waals surface area contributed by atoms with Crippen LogP contribution in [0.15, 0.2) is 53.7 Å². The van der Waals surface area contributed by atoms with E-state index >= 15 is 0 Å². The van der Waals surface area contributed by atoms with E-state index in [1.165, 1.54) is 0 Å². The zero-order chi connectivity index (χ0) is 29.6. The second-order valence-corrected chi connectivity index (χ2v) is 10.5. The molecule has 1 aliphatic carbocycles. The molecule has 0 radical (unpaired) electrons. The van der Waals surface area contributed by atoms with Crippen molar-refractivity contribution in [3.63, 3.8) is 0 Å². The summed E-state index contributed by atoms with van der Waals surface area (Å²) in [5.41, 5.74) is 17.6. The summed E-state index contributed by atoms with van der Waals surface area (Å²) < 4.78 is 0. The summed E-state index contributed by atoms with van der Waals surface area (Å²) in [5.74, 6) is -1.93. The first kappa shape index (κ1) is 31.2. The van der Waals surface area contributed by atoms with Crippen LogP contribution in [0.25, 0.3) is 0 Å². The van der Waals surface area contributed by atoms with Gasteiger partial charge in [0.15, 0.2) is 5.96 Å². The molecule has 3 atom stereocenters. The molecule has 0 spiro atoms. The van der Waals surface area contributed by atoms with Crippen molar-refractivity contribution >= 4 is 29.6 Å². The van der Waals surface area contributed by atoms with Gasteiger partial charge in [0.2, 0.25) is 17.7 Å². The topological polar surface area (TPSA) is 211 Å². The molecule has 0 aliphatic heterocycles. The molecule has 0 saturated heterocycles. The Bertz CT molecular complexity index is 1160. The number of aromatic amines is 1. The number of carbonyl (C=O) groups excluding carboxylic acids is 4. The third-order valence-corrected chi connectivity index (χ3v) is 7.28. The molecule has 1 saturated carbocycles. The maximum absolute atomic E-state index is 13.6. The largest absolute Gasteiger partial charge is 0.370 e. The first-order valence-electron chi connectivity index (χ1n) is 14.2. The van der Waals surface area contributed by atoms with Crippen LogP contribution in [-0.2, 0) is 20.8 Å². The molecule has 1 fully saturated rings. The van der Waals surface area contributed by atoms with Gasteiger partial charge in [-0.1, -0.05) is 62.4 Å². The number of H-pyrrole nitrogens is 1. The molecule has 12 nitrogen and oxygen atoms in total. The highest BCUT2D eigenvalue weighted by molar-refractivity contribution is 5.97. The average Bonchev–Trinajstić information content (AvgIpc) is 3.50. The number of guanidine groups is 1. The summed E-state index contributed by atoms with van der Waals surface area (Å²) in [7, 11) is 0. The quantitative estimate of drug-likeness (QED) is 0.0942. The van der Waals surface area contributed by atoms with E-state index in [4.69, 9.17) is 17.2 Å². The van der Waals surface area contributed by atoms with E-state index in [0.717, 1.165) is 37.7 Å². The predicted molar refractivity (Wildman–Crippen MR) is 156 cm³/mol. The molecule has 0 bridgehead atoms. The van der Waals surface area contributed by atoms with Gasteiger partial charge >= 0.3 is 0 Å². The summed E-state index contributed by atoms with van der Waals surface area (Å²) in [6.07, 6.45) is 8.14. The fourth-order valence-electron chi connectivity index (χ4n) is 5.08. The van der Waals surface area contributed by atoms with Crippen LogP contribution in [-0.4, -0.2) is 59.2 Å². The molecule has 41 heavy (non-hydrogen) atoms. The molecule has 3 rings (SSSR count). The van der Waals surface area contributed by atoms with Gasteiger partial charge in [-0.05, 0) is 42.9 Å². The summed E-state index contributed by atoms with van der Waals surface area (Å²) in [4.78, 5) is 58.9. The van der Waals surface area contributed by atoms with Gasteiger partial charge < -0.3 is 38.1 Å². The van der Waals surface area contributed by atoms with Crippen molar-refractivity contribution in [1.82, 2.24) is 20.9 Å². The zero-order valence-electron chi connectivity index (χ0n) is 23.3. The fraction of sp³-hybridized carbons (Fsp3) is 0.483. The minimum atomic E-state index is -1.01. The lowest BCUT2D eigenvalue weighted by atomic mass is 9.84. The monoisotopic (exact) mass is 566 g/mol. The highest BCUT2D eigenvalue weighted by atomic mass is 16.2. The van der Waals surface area contributed by atoms with E-state index in [1.54, 1.807) is 18.3 Å². The lowest BCUT2D eigenvalue weighted by molar-refractivity contribution is -0.132. The summed E-state index contributed by atoms with van der Waals surface area (Å²) in [5, 5.41) is 8.35. The lowest BCUT2D eigenvalue weighted by Crippen LogP contribution is -2.57. The van der Waals surface area contributed by atoms with Crippen molar-refractivity contribution < 1.29 is 19.2 Å². The number of carbonyl (C=O) groups is 4. The number of aromatic nitrogens is 1. The Morgan fingerprint density at radius 3 is 2.17 bits per heavy atom. The van der Waals surface area contributed by atoms with E-state index in [0.29, 0.717) is 18.5 Å². The molecule has 1 heterocycles. The Kier molecular flexibility index (Phi) is 12.2. The van der Waals surface area contributed by atoms with Crippen LogP contribution in [0.1, 0.15) is 67.4 Å². The van der Waals surface area contributed by atoms with Gasteiger partial charge in [-0.2, -0.15) is 0 Å². The molecule has 1 aliphatic rings.